The largest absolute Gasteiger partial charge is 0.377 e. The first-order valence-corrected chi connectivity index (χ1v) is 4.39. The third kappa shape index (κ3) is 2.88. The SMILES string of the molecule is FC(F)CNc1cnccc1I. The van der Waals surface area contributed by atoms with Crippen LogP contribution in [-0.2, 0) is 0 Å². The van der Waals surface area contributed by atoms with E-state index >= 15 is 0 Å². The molecule has 0 atom stereocenters. The first-order chi connectivity index (χ1) is 5.70. The van der Waals surface area contributed by atoms with Gasteiger partial charge in [-0.1, -0.05) is 0 Å². The molecule has 0 saturated heterocycles. The Morgan fingerprint density at radius 1 is 1.58 bits per heavy atom. The summed E-state index contributed by atoms with van der Waals surface area (Å²) in [6.45, 7) is -0.332. The monoisotopic (exact) mass is 284 g/mol. The molecule has 0 spiro atoms. The minimum absolute atomic E-state index is 0.332. The number of hydrogen-bond donors (Lipinski definition) is 1. The molecule has 0 fully saturated rings. The maximum atomic E-state index is 11.8. The Labute approximate surface area is 82.5 Å². The van der Waals surface area contributed by atoms with Crippen LogP contribution in [0.2, 0.25) is 0 Å². The van der Waals surface area contributed by atoms with Gasteiger partial charge in [0.05, 0.1) is 18.4 Å². The van der Waals surface area contributed by atoms with Crippen molar-refractivity contribution in [3.63, 3.8) is 0 Å². The fraction of sp³-hybridized carbons (Fsp3) is 0.286. The molecule has 1 aromatic heterocycles. The highest BCUT2D eigenvalue weighted by atomic mass is 127. The first kappa shape index (κ1) is 9.63. The van der Waals surface area contributed by atoms with Crippen molar-refractivity contribution in [2.24, 2.45) is 0 Å². The molecule has 0 unspecified atom stereocenters. The van der Waals surface area contributed by atoms with Crippen LogP contribution in [0.5, 0.6) is 0 Å². The lowest BCUT2D eigenvalue weighted by atomic mass is 10.4. The van der Waals surface area contributed by atoms with Gasteiger partial charge >= 0.3 is 0 Å². The molecule has 0 aromatic carbocycles. The highest BCUT2D eigenvalue weighted by molar-refractivity contribution is 14.1. The molecular weight excluding hydrogens is 277 g/mol. The average molecular weight is 284 g/mol. The molecule has 1 rings (SSSR count). The predicted molar refractivity (Wildman–Crippen MR) is 51.4 cm³/mol. The predicted octanol–water partition coefficient (Wildman–Crippen LogP) is 2.36. The molecule has 66 valence electrons. The average Bonchev–Trinajstić information content (AvgIpc) is 2.03. The van der Waals surface area contributed by atoms with Crippen LogP contribution >= 0.6 is 22.6 Å². The zero-order valence-electron chi connectivity index (χ0n) is 6.10. The zero-order chi connectivity index (χ0) is 8.97. The van der Waals surface area contributed by atoms with Crippen LogP contribution in [0.4, 0.5) is 14.5 Å². The molecule has 0 saturated carbocycles. The van der Waals surface area contributed by atoms with Crippen molar-refractivity contribution >= 4 is 28.3 Å². The molecule has 0 aliphatic carbocycles. The number of rotatable bonds is 3. The van der Waals surface area contributed by atoms with E-state index in [9.17, 15) is 8.78 Å². The van der Waals surface area contributed by atoms with E-state index in [1.165, 1.54) is 6.20 Å². The normalized spacial score (nSPS) is 10.3. The summed E-state index contributed by atoms with van der Waals surface area (Å²) in [7, 11) is 0. The number of pyridine rings is 1. The van der Waals surface area contributed by atoms with Gasteiger partial charge in [-0.3, -0.25) is 4.98 Å². The van der Waals surface area contributed by atoms with Crippen LogP contribution in [0.25, 0.3) is 0 Å². The standard InChI is InChI=1S/C7H7F2IN2/c8-7(9)4-12-6-3-11-2-1-5(6)10/h1-3,7,12H,4H2. The molecule has 1 heterocycles. The summed E-state index contributed by atoms with van der Waals surface area (Å²) in [5.41, 5.74) is 0.651. The number of hydrogen-bond acceptors (Lipinski definition) is 2. The van der Waals surface area contributed by atoms with E-state index in [1.807, 2.05) is 0 Å². The van der Waals surface area contributed by atoms with E-state index in [4.69, 9.17) is 0 Å². The lowest BCUT2D eigenvalue weighted by Crippen LogP contribution is -2.11. The second-order valence-electron chi connectivity index (χ2n) is 2.13. The highest BCUT2D eigenvalue weighted by Crippen LogP contribution is 2.15. The van der Waals surface area contributed by atoms with Gasteiger partial charge in [0.15, 0.2) is 0 Å². The van der Waals surface area contributed by atoms with Crippen molar-refractivity contribution in [1.29, 1.82) is 0 Å². The Morgan fingerprint density at radius 3 is 2.92 bits per heavy atom. The summed E-state index contributed by atoms with van der Waals surface area (Å²) in [6.07, 6.45) is 0.820. The number of aromatic nitrogens is 1. The Bertz CT molecular complexity index is 255. The van der Waals surface area contributed by atoms with Crippen molar-refractivity contribution in [1.82, 2.24) is 4.98 Å². The Hall–Kier alpha value is -0.460. The van der Waals surface area contributed by atoms with Gasteiger partial charge in [-0.2, -0.15) is 0 Å². The topological polar surface area (TPSA) is 24.9 Å². The molecule has 0 aliphatic rings. The smallest absolute Gasteiger partial charge is 0.255 e. The van der Waals surface area contributed by atoms with Crippen LogP contribution < -0.4 is 5.32 Å². The van der Waals surface area contributed by atoms with E-state index in [2.05, 4.69) is 32.9 Å². The Kier molecular flexibility index (Phi) is 3.64. The van der Waals surface area contributed by atoms with Gasteiger partial charge in [0, 0.05) is 9.77 Å². The van der Waals surface area contributed by atoms with Crippen molar-refractivity contribution in [2.75, 3.05) is 11.9 Å². The van der Waals surface area contributed by atoms with E-state index < -0.39 is 6.43 Å². The maximum Gasteiger partial charge on any atom is 0.255 e. The van der Waals surface area contributed by atoms with Crippen molar-refractivity contribution < 1.29 is 8.78 Å². The molecule has 5 heteroatoms. The molecule has 0 amide bonds. The number of nitrogens with one attached hydrogen (secondary N) is 1. The molecule has 2 nitrogen and oxygen atoms in total. The van der Waals surface area contributed by atoms with Crippen molar-refractivity contribution in [2.45, 2.75) is 6.43 Å². The quantitative estimate of drug-likeness (QED) is 0.862. The van der Waals surface area contributed by atoms with E-state index in [-0.39, 0.29) is 6.54 Å². The maximum absolute atomic E-state index is 11.8. The summed E-state index contributed by atoms with van der Waals surface area (Å²) >= 11 is 2.06. The number of anilines is 1. The van der Waals surface area contributed by atoms with Crippen LogP contribution in [-0.4, -0.2) is 18.0 Å². The number of halogens is 3. The third-order valence-electron chi connectivity index (χ3n) is 1.21. The van der Waals surface area contributed by atoms with E-state index in [1.54, 1.807) is 12.3 Å². The minimum atomic E-state index is -2.33. The van der Waals surface area contributed by atoms with Gasteiger partial charge in [0.2, 0.25) is 0 Å². The number of nitrogens with zero attached hydrogens (tertiary/aromatic N) is 1. The van der Waals surface area contributed by atoms with Gasteiger partial charge in [-0.15, -0.1) is 0 Å². The molecule has 12 heavy (non-hydrogen) atoms. The first-order valence-electron chi connectivity index (χ1n) is 3.31. The lowest BCUT2D eigenvalue weighted by molar-refractivity contribution is 0.163. The second-order valence-corrected chi connectivity index (χ2v) is 3.29. The Morgan fingerprint density at radius 2 is 2.33 bits per heavy atom. The van der Waals surface area contributed by atoms with Gasteiger partial charge in [-0.05, 0) is 28.7 Å². The van der Waals surface area contributed by atoms with E-state index in [0.717, 1.165) is 3.57 Å². The van der Waals surface area contributed by atoms with Gasteiger partial charge < -0.3 is 5.32 Å². The van der Waals surface area contributed by atoms with Gasteiger partial charge in [-0.25, -0.2) is 8.78 Å². The summed E-state index contributed by atoms with van der Waals surface area (Å²) in [5.74, 6) is 0. The van der Waals surface area contributed by atoms with Crippen LogP contribution in [0.15, 0.2) is 18.5 Å². The van der Waals surface area contributed by atoms with Crippen molar-refractivity contribution in [3.05, 3.63) is 22.0 Å². The summed E-state index contributed by atoms with van der Waals surface area (Å²) in [6, 6.07) is 1.76. The van der Waals surface area contributed by atoms with E-state index in [0.29, 0.717) is 5.69 Å². The zero-order valence-corrected chi connectivity index (χ0v) is 8.26. The minimum Gasteiger partial charge on any atom is -0.377 e. The lowest BCUT2D eigenvalue weighted by Gasteiger charge is -2.05. The summed E-state index contributed by atoms with van der Waals surface area (Å²) < 4.78 is 24.4. The summed E-state index contributed by atoms with van der Waals surface area (Å²) in [4.78, 5) is 3.81. The molecule has 0 radical (unpaired) electrons. The second kappa shape index (κ2) is 4.54. The molecule has 1 N–H and O–H groups in total. The summed E-state index contributed by atoms with van der Waals surface area (Å²) in [5, 5.41) is 2.59. The van der Waals surface area contributed by atoms with Crippen molar-refractivity contribution in [3.8, 4) is 0 Å². The fourth-order valence-corrected chi connectivity index (χ4v) is 1.19. The molecule has 1 aromatic rings. The molecular formula is C7H7F2IN2. The van der Waals surface area contributed by atoms with Gasteiger partial charge in [0.25, 0.3) is 6.43 Å². The highest BCUT2D eigenvalue weighted by Gasteiger charge is 2.03. The number of alkyl halides is 2. The third-order valence-corrected chi connectivity index (χ3v) is 2.16. The fourth-order valence-electron chi connectivity index (χ4n) is 0.695. The molecule has 0 bridgehead atoms. The molecule has 0 aliphatic heterocycles. The van der Waals surface area contributed by atoms with Gasteiger partial charge in [0.1, 0.15) is 0 Å². The van der Waals surface area contributed by atoms with Crippen LogP contribution in [0, 0.1) is 3.57 Å². The van der Waals surface area contributed by atoms with Crippen LogP contribution in [0.3, 0.4) is 0 Å². The Balaban J connectivity index is 2.57. The van der Waals surface area contributed by atoms with Crippen LogP contribution in [0.1, 0.15) is 0 Å².